The number of nitrogens with zero attached hydrogens (tertiary/aromatic N) is 1. The van der Waals surface area contributed by atoms with Crippen LogP contribution in [0.25, 0.3) is 0 Å². The Morgan fingerprint density at radius 2 is 2.31 bits per heavy atom. The minimum Gasteiger partial charge on any atom is -0.397 e. The molecule has 3 heteroatoms. The number of aryl methyl sites for hydroxylation is 1. The van der Waals surface area contributed by atoms with E-state index in [0.29, 0.717) is 12.2 Å². The van der Waals surface area contributed by atoms with Crippen LogP contribution in [0.2, 0.25) is 0 Å². The summed E-state index contributed by atoms with van der Waals surface area (Å²) in [4.78, 5) is 11.4. The van der Waals surface area contributed by atoms with Gasteiger partial charge >= 0.3 is 0 Å². The van der Waals surface area contributed by atoms with Crippen molar-refractivity contribution in [2.24, 2.45) is 0 Å². The first-order valence-electron chi connectivity index (χ1n) is 4.11. The van der Waals surface area contributed by atoms with Gasteiger partial charge in [0.05, 0.1) is 5.69 Å². The largest absolute Gasteiger partial charge is 0.397 e. The van der Waals surface area contributed by atoms with Gasteiger partial charge in [0.15, 0.2) is 0 Å². The highest BCUT2D eigenvalue weighted by atomic mass is 16.1. The minimum atomic E-state index is -0.0327. The van der Waals surface area contributed by atoms with E-state index in [4.69, 9.17) is 5.73 Å². The molecule has 0 aliphatic rings. The number of nitrogen functional groups attached to an aromatic ring is 1. The SMILES string of the molecule is C=C(C)Cn1cc(N)c(C)cc1=O. The maximum Gasteiger partial charge on any atom is 0.251 e. The van der Waals surface area contributed by atoms with E-state index in [0.717, 1.165) is 11.1 Å². The van der Waals surface area contributed by atoms with Crippen molar-refractivity contribution >= 4 is 5.69 Å². The third kappa shape index (κ3) is 2.21. The van der Waals surface area contributed by atoms with Gasteiger partial charge in [-0.3, -0.25) is 4.79 Å². The quantitative estimate of drug-likeness (QED) is 0.694. The van der Waals surface area contributed by atoms with Crippen molar-refractivity contribution in [1.82, 2.24) is 4.57 Å². The van der Waals surface area contributed by atoms with Crippen LogP contribution >= 0.6 is 0 Å². The van der Waals surface area contributed by atoms with E-state index in [1.54, 1.807) is 10.8 Å². The van der Waals surface area contributed by atoms with Gasteiger partial charge in [0.1, 0.15) is 0 Å². The third-order valence-electron chi connectivity index (χ3n) is 1.81. The van der Waals surface area contributed by atoms with Crippen LogP contribution in [-0.2, 0) is 6.54 Å². The molecule has 3 nitrogen and oxygen atoms in total. The second kappa shape index (κ2) is 3.47. The van der Waals surface area contributed by atoms with Crippen LogP contribution in [0, 0.1) is 6.92 Å². The maximum absolute atomic E-state index is 11.4. The van der Waals surface area contributed by atoms with Crippen molar-refractivity contribution in [2.75, 3.05) is 5.73 Å². The van der Waals surface area contributed by atoms with Gasteiger partial charge in [-0.1, -0.05) is 12.2 Å². The molecule has 0 amide bonds. The van der Waals surface area contributed by atoms with E-state index in [2.05, 4.69) is 6.58 Å². The molecule has 1 heterocycles. The van der Waals surface area contributed by atoms with E-state index in [-0.39, 0.29) is 5.56 Å². The number of rotatable bonds is 2. The number of aromatic nitrogens is 1. The van der Waals surface area contributed by atoms with Gasteiger partial charge in [-0.05, 0) is 19.4 Å². The minimum absolute atomic E-state index is 0.0327. The van der Waals surface area contributed by atoms with E-state index in [1.165, 1.54) is 6.07 Å². The van der Waals surface area contributed by atoms with Gasteiger partial charge in [-0.25, -0.2) is 0 Å². The highest BCUT2D eigenvalue weighted by Crippen LogP contribution is 2.06. The molecule has 0 radical (unpaired) electrons. The van der Waals surface area contributed by atoms with Crippen LogP contribution < -0.4 is 11.3 Å². The topological polar surface area (TPSA) is 48.0 Å². The zero-order valence-corrected chi connectivity index (χ0v) is 8.00. The van der Waals surface area contributed by atoms with Crippen LogP contribution in [0.5, 0.6) is 0 Å². The summed E-state index contributed by atoms with van der Waals surface area (Å²) in [5.74, 6) is 0. The van der Waals surface area contributed by atoms with Crippen molar-refractivity contribution in [3.8, 4) is 0 Å². The van der Waals surface area contributed by atoms with Gasteiger partial charge in [0.25, 0.3) is 5.56 Å². The summed E-state index contributed by atoms with van der Waals surface area (Å²) in [5, 5.41) is 0. The molecule has 0 aliphatic carbocycles. The monoisotopic (exact) mass is 178 g/mol. The van der Waals surface area contributed by atoms with Crippen LogP contribution in [0.4, 0.5) is 5.69 Å². The van der Waals surface area contributed by atoms with Crippen LogP contribution in [0.1, 0.15) is 12.5 Å². The fourth-order valence-electron chi connectivity index (χ4n) is 1.10. The number of hydrogen-bond acceptors (Lipinski definition) is 2. The predicted molar refractivity (Wildman–Crippen MR) is 54.7 cm³/mol. The lowest BCUT2D eigenvalue weighted by molar-refractivity contribution is 0.749. The maximum atomic E-state index is 11.4. The molecule has 1 aromatic heterocycles. The number of pyridine rings is 1. The molecule has 0 fully saturated rings. The number of nitrogens with two attached hydrogens (primary N) is 1. The predicted octanol–water partition coefficient (Wildman–Crippen LogP) is 1.32. The van der Waals surface area contributed by atoms with Crippen LogP contribution in [0.15, 0.2) is 29.2 Å². The molecular weight excluding hydrogens is 164 g/mol. The van der Waals surface area contributed by atoms with Crippen molar-refractivity contribution in [1.29, 1.82) is 0 Å². The fourth-order valence-corrected chi connectivity index (χ4v) is 1.10. The summed E-state index contributed by atoms with van der Waals surface area (Å²) in [6.45, 7) is 7.97. The molecular formula is C10H14N2O. The van der Waals surface area contributed by atoms with E-state index in [1.807, 2.05) is 13.8 Å². The van der Waals surface area contributed by atoms with Crippen LogP contribution in [-0.4, -0.2) is 4.57 Å². The van der Waals surface area contributed by atoms with Gasteiger partial charge in [-0.15, -0.1) is 0 Å². The van der Waals surface area contributed by atoms with Gasteiger partial charge in [-0.2, -0.15) is 0 Å². The molecule has 13 heavy (non-hydrogen) atoms. The first-order chi connectivity index (χ1) is 6.00. The molecule has 0 atom stereocenters. The Balaban J connectivity index is 3.16. The lowest BCUT2D eigenvalue weighted by Gasteiger charge is -2.07. The lowest BCUT2D eigenvalue weighted by Crippen LogP contribution is -2.20. The molecule has 1 aromatic rings. The van der Waals surface area contributed by atoms with E-state index in [9.17, 15) is 4.79 Å². The Morgan fingerprint density at radius 1 is 1.69 bits per heavy atom. The smallest absolute Gasteiger partial charge is 0.251 e. The molecule has 0 bridgehead atoms. The second-order valence-electron chi connectivity index (χ2n) is 3.34. The summed E-state index contributed by atoms with van der Waals surface area (Å²) < 4.78 is 1.56. The number of allylic oxidation sites excluding steroid dienone is 1. The van der Waals surface area contributed by atoms with Crippen molar-refractivity contribution < 1.29 is 0 Å². The lowest BCUT2D eigenvalue weighted by atomic mass is 10.2. The Morgan fingerprint density at radius 3 is 2.85 bits per heavy atom. The Kier molecular flexibility index (Phi) is 2.56. The Bertz CT molecular complexity index is 390. The first-order valence-corrected chi connectivity index (χ1v) is 4.11. The summed E-state index contributed by atoms with van der Waals surface area (Å²) >= 11 is 0. The molecule has 70 valence electrons. The zero-order valence-electron chi connectivity index (χ0n) is 8.00. The molecule has 0 spiro atoms. The molecule has 0 aliphatic heterocycles. The standard InChI is InChI=1S/C10H14N2O/c1-7(2)5-12-6-9(11)8(3)4-10(12)13/h4,6H,1,5,11H2,2-3H3. The second-order valence-corrected chi connectivity index (χ2v) is 3.34. The summed E-state index contributed by atoms with van der Waals surface area (Å²) in [6, 6.07) is 1.54. The summed E-state index contributed by atoms with van der Waals surface area (Å²) in [6.07, 6.45) is 1.66. The van der Waals surface area contributed by atoms with Gasteiger partial charge in [0.2, 0.25) is 0 Å². The molecule has 0 aromatic carbocycles. The van der Waals surface area contributed by atoms with Crippen molar-refractivity contribution in [3.05, 3.63) is 40.3 Å². The van der Waals surface area contributed by atoms with E-state index < -0.39 is 0 Å². The van der Waals surface area contributed by atoms with E-state index >= 15 is 0 Å². The zero-order chi connectivity index (χ0) is 10.0. The van der Waals surface area contributed by atoms with Crippen molar-refractivity contribution in [2.45, 2.75) is 20.4 Å². The van der Waals surface area contributed by atoms with Gasteiger partial charge < -0.3 is 10.3 Å². The average Bonchev–Trinajstić information content (AvgIpc) is 1.99. The normalized spacial score (nSPS) is 10.0. The summed E-state index contributed by atoms with van der Waals surface area (Å²) in [7, 11) is 0. The highest BCUT2D eigenvalue weighted by Gasteiger charge is 1.99. The molecule has 0 unspecified atom stereocenters. The number of anilines is 1. The molecule has 1 rings (SSSR count). The fraction of sp³-hybridized carbons (Fsp3) is 0.300. The number of hydrogen-bond donors (Lipinski definition) is 1. The summed E-state index contributed by atoms with van der Waals surface area (Å²) in [5.41, 5.74) is 8.04. The highest BCUT2D eigenvalue weighted by molar-refractivity contribution is 5.43. The molecule has 2 N–H and O–H groups in total. The Hall–Kier alpha value is -1.51. The van der Waals surface area contributed by atoms with Crippen molar-refractivity contribution in [3.63, 3.8) is 0 Å². The first kappa shape index (κ1) is 9.58. The van der Waals surface area contributed by atoms with Crippen LogP contribution in [0.3, 0.4) is 0 Å². The molecule has 0 saturated carbocycles. The molecule has 0 saturated heterocycles. The Labute approximate surface area is 77.5 Å². The average molecular weight is 178 g/mol. The third-order valence-corrected chi connectivity index (χ3v) is 1.81. The van der Waals surface area contributed by atoms with Gasteiger partial charge in [0, 0.05) is 18.8 Å².